The highest BCUT2D eigenvalue weighted by Crippen LogP contribution is 2.60. The maximum absolute atomic E-state index is 14.1. The van der Waals surface area contributed by atoms with E-state index in [1.165, 1.54) is 0 Å². The van der Waals surface area contributed by atoms with Gasteiger partial charge in [0.05, 0.1) is 17.9 Å². The van der Waals surface area contributed by atoms with Gasteiger partial charge in [0.15, 0.2) is 0 Å². The zero-order valence-electron chi connectivity index (χ0n) is 22.4. The first-order valence-electron chi connectivity index (χ1n) is 13.7. The van der Waals surface area contributed by atoms with Gasteiger partial charge >= 0.3 is 0 Å². The van der Waals surface area contributed by atoms with E-state index in [2.05, 4.69) is 26.6 Å². The predicted molar refractivity (Wildman–Crippen MR) is 153 cm³/mol. The molecule has 3 fully saturated rings. The molecular formula is C30H36BrN3O5. The van der Waals surface area contributed by atoms with Crippen molar-refractivity contribution >= 4 is 45.0 Å². The van der Waals surface area contributed by atoms with Crippen LogP contribution >= 0.6 is 15.9 Å². The molecule has 0 aliphatic carbocycles. The molecule has 6 atom stereocenters. The molecule has 5 rings (SSSR count). The highest BCUT2D eigenvalue weighted by molar-refractivity contribution is 9.09. The first-order valence-corrected chi connectivity index (χ1v) is 14.7. The van der Waals surface area contributed by atoms with Crippen LogP contribution in [0, 0.1) is 25.7 Å². The number of aryl methyl sites for hydroxylation is 2. The number of anilines is 2. The molecule has 8 nitrogen and oxygen atoms in total. The average Bonchev–Trinajstić information content (AvgIpc) is 3.50. The van der Waals surface area contributed by atoms with E-state index in [4.69, 9.17) is 9.84 Å². The number of aliphatic hydroxyl groups is 1. The number of nitrogens with zero attached hydrogens (tertiary/aromatic N) is 1. The van der Waals surface area contributed by atoms with Gasteiger partial charge in [-0.25, -0.2) is 0 Å². The lowest BCUT2D eigenvalue weighted by molar-refractivity contribution is -0.139. The molecule has 3 saturated heterocycles. The van der Waals surface area contributed by atoms with E-state index >= 15 is 0 Å². The lowest BCUT2D eigenvalue weighted by Gasteiger charge is -2.34. The molecule has 3 amide bonds. The van der Waals surface area contributed by atoms with Crippen LogP contribution in [0.15, 0.2) is 48.5 Å². The maximum atomic E-state index is 14.1. The lowest BCUT2D eigenvalue weighted by atomic mass is 9.70. The number of hydrogen-bond acceptors (Lipinski definition) is 5. The number of amides is 3. The Balaban J connectivity index is 1.46. The molecule has 3 unspecified atom stereocenters. The topological polar surface area (TPSA) is 108 Å². The van der Waals surface area contributed by atoms with Crippen molar-refractivity contribution in [3.8, 4) is 0 Å². The fourth-order valence-electron chi connectivity index (χ4n) is 6.54. The Kier molecular flexibility index (Phi) is 8.12. The van der Waals surface area contributed by atoms with Crippen LogP contribution in [0.1, 0.15) is 43.2 Å². The Morgan fingerprint density at radius 2 is 1.79 bits per heavy atom. The van der Waals surface area contributed by atoms with Gasteiger partial charge in [0.2, 0.25) is 17.7 Å². The Bertz CT molecular complexity index is 1240. The number of hydrogen-bond donors (Lipinski definition) is 3. The molecule has 3 aliphatic rings. The van der Waals surface area contributed by atoms with Crippen molar-refractivity contribution in [2.24, 2.45) is 11.8 Å². The van der Waals surface area contributed by atoms with Crippen LogP contribution in [0.2, 0.25) is 0 Å². The first kappa shape index (κ1) is 27.8. The minimum atomic E-state index is -1.10. The normalized spacial score (nSPS) is 29.0. The van der Waals surface area contributed by atoms with Crippen molar-refractivity contribution in [1.29, 1.82) is 0 Å². The zero-order chi connectivity index (χ0) is 27.7. The van der Waals surface area contributed by atoms with Gasteiger partial charge in [-0.15, -0.1) is 0 Å². The number of likely N-dealkylation sites (tertiary alicyclic amines) is 1. The van der Waals surface area contributed by atoms with Crippen LogP contribution in [0.25, 0.3) is 0 Å². The predicted octanol–water partition coefficient (Wildman–Crippen LogP) is 4.18. The van der Waals surface area contributed by atoms with Crippen molar-refractivity contribution in [3.05, 3.63) is 59.7 Å². The highest BCUT2D eigenvalue weighted by Gasteiger charge is 2.76. The van der Waals surface area contributed by atoms with E-state index in [-0.39, 0.29) is 29.2 Å². The number of carbonyl (C=O) groups excluding carboxylic acids is 3. The number of para-hydroxylation sites is 1. The third-order valence-corrected chi connectivity index (χ3v) is 9.18. The smallest absolute Gasteiger partial charge is 0.250 e. The molecule has 3 heterocycles. The van der Waals surface area contributed by atoms with Gasteiger partial charge in [0, 0.05) is 29.4 Å². The Labute approximate surface area is 237 Å². The summed E-state index contributed by atoms with van der Waals surface area (Å²) in [5.41, 5.74) is 2.21. The van der Waals surface area contributed by atoms with Crippen molar-refractivity contribution < 1.29 is 24.2 Å². The number of rotatable bonds is 10. The zero-order valence-corrected chi connectivity index (χ0v) is 23.9. The molecule has 208 valence electrons. The number of aliphatic hydroxyl groups excluding tert-OH is 1. The third-order valence-electron chi connectivity index (χ3n) is 8.34. The SMILES string of the molecule is Cc1ccc(C)c(NC(=O)C2N(CCCCCCO)C(=O)[C@@H]3[C@H](C(=O)Nc4ccccc4)[C@H]4OC23CC4Br)c1. The lowest BCUT2D eigenvalue weighted by Crippen LogP contribution is -2.54. The molecule has 2 aromatic carbocycles. The van der Waals surface area contributed by atoms with Gasteiger partial charge in [0.1, 0.15) is 11.6 Å². The molecule has 2 aromatic rings. The summed E-state index contributed by atoms with van der Waals surface area (Å²) < 4.78 is 6.57. The number of alkyl halides is 1. The van der Waals surface area contributed by atoms with Gasteiger partial charge in [-0.1, -0.05) is 59.1 Å². The Morgan fingerprint density at radius 1 is 1.05 bits per heavy atom. The van der Waals surface area contributed by atoms with Gasteiger partial charge in [-0.05, 0) is 62.4 Å². The molecule has 39 heavy (non-hydrogen) atoms. The number of fused-ring (bicyclic) bond motifs is 1. The van der Waals surface area contributed by atoms with Crippen LogP contribution in [0.4, 0.5) is 11.4 Å². The maximum Gasteiger partial charge on any atom is 0.250 e. The molecule has 0 aromatic heterocycles. The van der Waals surface area contributed by atoms with Crippen LogP contribution in [0.5, 0.6) is 0 Å². The van der Waals surface area contributed by atoms with Gasteiger partial charge in [-0.3, -0.25) is 14.4 Å². The summed E-state index contributed by atoms with van der Waals surface area (Å²) in [5, 5.41) is 15.2. The minimum absolute atomic E-state index is 0.134. The quantitative estimate of drug-likeness (QED) is 0.281. The molecule has 2 bridgehead atoms. The number of nitrogens with one attached hydrogen (secondary N) is 2. The fraction of sp³-hybridized carbons (Fsp3) is 0.500. The van der Waals surface area contributed by atoms with E-state index in [1.54, 1.807) is 4.90 Å². The van der Waals surface area contributed by atoms with Crippen molar-refractivity contribution in [1.82, 2.24) is 4.90 Å². The number of unbranched alkanes of at least 4 members (excludes halogenated alkanes) is 3. The number of ether oxygens (including phenoxy) is 1. The molecule has 1 spiro atoms. The van der Waals surface area contributed by atoms with E-state index < -0.39 is 29.6 Å². The highest BCUT2D eigenvalue weighted by atomic mass is 79.9. The number of halogens is 1. The second kappa shape index (κ2) is 11.4. The molecule has 3 aliphatic heterocycles. The summed E-state index contributed by atoms with van der Waals surface area (Å²) in [5.74, 6) is -2.22. The summed E-state index contributed by atoms with van der Waals surface area (Å²) >= 11 is 3.72. The first-order chi connectivity index (χ1) is 18.8. The molecule has 3 N–H and O–H groups in total. The average molecular weight is 599 g/mol. The Hall–Kier alpha value is -2.75. The van der Waals surface area contributed by atoms with E-state index in [9.17, 15) is 14.4 Å². The van der Waals surface area contributed by atoms with Crippen molar-refractivity contribution in [3.63, 3.8) is 0 Å². The summed E-state index contributed by atoms with van der Waals surface area (Å²) in [6, 6.07) is 14.2. The van der Waals surface area contributed by atoms with Crippen LogP contribution in [-0.4, -0.2) is 63.5 Å². The summed E-state index contributed by atoms with van der Waals surface area (Å²) in [6.07, 6.45) is 3.03. The third kappa shape index (κ3) is 5.12. The monoisotopic (exact) mass is 597 g/mol. The standard InChI is InChI=1S/C30H36BrN3O5/c1-18-12-13-19(2)22(16-18)33-28(37)26-30-17-21(31)25(39-30)23(27(36)32-20-10-6-5-7-11-20)24(30)29(38)34(26)14-8-3-4-9-15-35/h5-7,10-13,16,21,23-26,35H,3-4,8-9,14-15,17H2,1-2H3,(H,32,36)(H,33,37)/t21?,23-,24-,25-,26?,30?/m0/s1. The second-order valence-corrected chi connectivity index (χ2v) is 12.2. The van der Waals surface area contributed by atoms with E-state index in [0.717, 1.165) is 24.0 Å². The molecular weight excluding hydrogens is 562 g/mol. The summed E-state index contributed by atoms with van der Waals surface area (Å²) in [7, 11) is 0. The van der Waals surface area contributed by atoms with Gasteiger partial charge in [0.25, 0.3) is 0 Å². The molecule has 0 radical (unpaired) electrons. The van der Waals surface area contributed by atoms with Crippen molar-refractivity contribution in [2.45, 2.75) is 68.5 Å². The van der Waals surface area contributed by atoms with Crippen LogP contribution < -0.4 is 10.6 Å². The Morgan fingerprint density at radius 3 is 2.54 bits per heavy atom. The minimum Gasteiger partial charge on any atom is -0.396 e. The summed E-state index contributed by atoms with van der Waals surface area (Å²) in [4.78, 5) is 43.2. The van der Waals surface area contributed by atoms with Crippen LogP contribution in [-0.2, 0) is 19.1 Å². The molecule has 0 saturated carbocycles. The number of benzene rings is 2. The molecule has 9 heteroatoms. The number of carbonyl (C=O) groups is 3. The van der Waals surface area contributed by atoms with E-state index in [0.29, 0.717) is 37.2 Å². The second-order valence-electron chi connectivity index (χ2n) is 11.0. The van der Waals surface area contributed by atoms with Gasteiger partial charge < -0.3 is 25.4 Å². The van der Waals surface area contributed by atoms with E-state index in [1.807, 2.05) is 62.4 Å². The largest absolute Gasteiger partial charge is 0.396 e. The van der Waals surface area contributed by atoms with Gasteiger partial charge in [-0.2, -0.15) is 0 Å². The van der Waals surface area contributed by atoms with Crippen molar-refractivity contribution in [2.75, 3.05) is 23.8 Å². The fourth-order valence-corrected chi connectivity index (χ4v) is 7.48. The summed E-state index contributed by atoms with van der Waals surface area (Å²) in [6.45, 7) is 4.43. The van der Waals surface area contributed by atoms with Crippen LogP contribution in [0.3, 0.4) is 0 Å².